The van der Waals surface area contributed by atoms with Gasteiger partial charge in [0.15, 0.2) is 17.2 Å². The van der Waals surface area contributed by atoms with Crippen molar-refractivity contribution in [3.8, 4) is 23.1 Å². The van der Waals surface area contributed by atoms with Crippen LogP contribution in [0.3, 0.4) is 0 Å². The summed E-state index contributed by atoms with van der Waals surface area (Å²) < 4.78 is 2.03. The molecule has 0 saturated carbocycles. The Morgan fingerprint density at radius 2 is 1.68 bits per heavy atom. The number of nitrogens with zero attached hydrogens (tertiary/aromatic N) is 9. The fourth-order valence-electron chi connectivity index (χ4n) is 4.65. The molecule has 1 aliphatic rings. The Hall–Kier alpha value is -4.88. The van der Waals surface area contributed by atoms with E-state index in [-0.39, 0.29) is 0 Å². The Kier molecular flexibility index (Phi) is 5.88. The lowest BCUT2D eigenvalue weighted by Gasteiger charge is -2.35. The Morgan fingerprint density at radius 3 is 2.46 bits per heavy atom. The molecular weight excluding hydrogens is 464 g/mol. The first-order chi connectivity index (χ1) is 18.2. The summed E-state index contributed by atoms with van der Waals surface area (Å²) in [7, 11) is 0. The standard InChI is InChI=1S/C27H24N10/c28-15-20-16-30-17-24(33-20)36-13-11-35(12-14-36)18-19-5-7-21(8-6-19)37-26(22-3-1-9-31-25(22)29)34-23-4-2-10-32-27(23)37/h1-10,16-17H,11-14,18H2,(H2,29,31). The molecule has 37 heavy (non-hydrogen) atoms. The minimum Gasteiger partial charge on any atom is -0.383 e. The highest BCUT2D eigenvalue weighted by Gasteiger charge is 2.20. The molecule has 0 bridgehead atoms. The van der Waals surface area contributed by atoms with E-state index < -0.39 is 0 Å². The Morgan fingerprint density at radius 1 is 0.892 bits per heavy atom. The second kappa shape index (κ2) is 9.64. The monoisotopic (exact) mass is 488 g/mol. The fourth-order valence-corrected chi connectivity index (χ4v) is 4.65. The number of nitrogens with two attached hydrogens (primary N) is 1. The van der Waals surface area contributed by atoms with Crippen LogP contribution in [0.2, 0.25) is 0 Å². The van der Waals surface area contributed by atoms with Gasteiger partial charge in [-0.3, -0.25) is 14.5 Å². The minimum atomic E-state index is 0.343. The molecule has 2 N–H and O–H groups in total. The van der Waals surface area contributed by atoms with E-state index in [1.807, 2.05) is 28.8 Å². The van der Waals surface area contributed by atoms with Gasteiger partial charge < -0.3 is 10.6 Å². The number of hydrogen-bond donors (Lipinski definition) is 1. The van der Waals surface area contributed by atoms with Gasteiger partial charge in [-0.2, -0.15) is 5.26 Å². The molecule has 0 radical (unpaired) electrons. The largest absolute Gasteiger partial charge is 0.383 e. The van der Waals surface area contributed by atoms with Crippen LogP contribution in [0.5, 0.6) is 0 Å². The Labute approximate surface area is 213 Å². The number of piperazine rings is 1. The van der Waals surface area contributed by atoms with Gasteiger partial charge in [-0.05, 0) is 42.0 Å². The van der Waals surface area contributed by atoms with Gasteiger partial charge in [-0.1, -0.05) is 12.1 Å². The molecule has 1 aromatic carbocycles. The van der Waals surface area contributed by atoms with E-state index in [9.17, 15) is 0 Å². The SMILES string of the molecule is N#Cc1cncc(N2CCN(Cc3ccc(-n4c(-c5cccnc5N)nc5cccnc54)cc3)CC2)n1. The molecular formula is C27H24N10. The van der Waals surface area contributed by atoms with Crippen molar-refractivity contribution in [2.24, 2.45) is 0 Å². The van der Waals surface area contributed by atoms with Crippen molar-refractivity contribution in [2.45, 2.75) is 6.54 Å². The zero-order chi connectivity index (χ0) is 25.2. The predicted octanol–water partition coefficient (Wildman–Crippen LogP) is 3.05. The molecule has 4 aromatic heterocycles. The van der Waals surface area contributed by atoms with Crippen molar-refractivity contribution in [3.63, 3.8) is 0 Å². The van der Waals surface area contributed by atoms with Crippen LogP contribution >= 0.6 is 0 Å². The van der Waals surface area contributed by atoms with E-state index in [1.54, 1.807) is 18.6 Å². The quantitative estimate of drug-likeness (QED) is 0.397. The lowest BCUT2D eigenvalue weighted by molar-refractivity contribution is 0.249. The van der Waals surface area contributed by atoms with E-state index >= 15 is 0 Å². The molecule has 0 atom stereocenters. The van der Waals surface area contributed by atoms with Gasteiger partial charge in [0.05, 0.1) is 18.0 Å². The summed E-state index contributed by atoms with van der Waals surface area (Å²) >= 11 is 0. The molecule has 1 saturated heterocycles. The summed E-state index contributed by atoms with van der Waals surface area (Å²) in [5.74, 6) is 1.90. The highest BCUT2D eigenvalue weighted by molar-refractivity contribution is 5.82. The van der Waals surface area contributed by atoms with E-state index in [0.717, 1.165) is 61.0 Å². The highest BCUT2D eigenvalue weighted by Crippen LogP contribution is 2.30. The maximum Gasteiger partial charge on any atom is 0.164 e. The van der Waals surface area contributed by atoms with Crippen LogP contribution in [0.15, 0.2) is 73.3 Å². The number of fused-ring (bicyclic) bond motifs is 1. The number of pyridine rings is 2. The Balaban J connectivity index is 1.21. The smallest absolute Gasteiger partial charge is 0.164 e. The summed E-state index contributed by atoms with van der Waals surface area (Å²) in [5, 5.41) is 9.09. The molecule has 0 spiro atoms. The third-order valence-electron chi connectivity index (χ3n) is 6.53. The normalized spacial score (nSPS) is 14.1. The predicted molar refractivity (Wildman–Crippen MR) is 141 cm³/mol. The van der Waals surface area contributed by atoms with Crippen LogP contribution in [0.1, 0.15) is 11.3 Å². The number of hydrogen-bond acceptors (Lipinski definition) is 9. The second-order valence-corrected chi connectivity index (χ2v) is 8.86. The fraction of sp³-hybridized carbons (Fsp3) is 0.185. The number of nitriles is 1. The molecule has 0 aliphatic carbocycles. The van der Waals surface area contributed by atoms with Gasteiger partial charge >= 0.3 is 0 Å². The summed E-state index contributed by atoms with van der Waals surface area (Å²) in [6, 6.07) is 18.2. The van der Waals surface area contributed by atoms with Crippen molar-refractivity contribution in [3.05, 3.63) is 84.6 Å². The van der Waals surface area contributed by atoms with Crippen LogP contribution in [0, 0.1) is 11.3 Å². The molecule has 5 heterocycles. The van der Waals surface area contributed by atoms with Crippen molar-refractivity contribution in [1.82, 2.24) is 34.4 Å². The highest BCUT2D eigenvalue weighted by atomic mass is 15.3. The molecule has 1 fully saturated rings. The molecule has 0 amide bonds. The van der Waals surface area contributed by atoms with Gasteiger partial charge in [-0.25, -0.2) is 19.9 Å². The maximum atomic E-state index is 9.09. The lowest BCUT2D eigenvalue weighted by Crippen LogP contribution is -2.46. The summed E-state index contributed by atoms with van der Waals surface area (Å²) in [6.07, 6.45) is 6.65. The third-order valence-corrected chi connectivity index (χ3v) is 6.53. The van der Waals surface area contributed by atoms with Crippen LogP contribution in [-0.2, 0) is 6.54 Å². The van der Waals surface area contributed by atoms with E-state index in [2.05, 4.69) is 60.1 Å². The number of benzene rings is 1. The lowest BCUT2D eigenvalue weighted by atomic mass is 10.1. The van der Waals surface area contributed by atoms with Gasteiger partial charge in [0.1, 0.15) is 23.2 Å². The van der Waals surface area contributed by atoms with Crippen molar-refractivity contribution >= 4 is 22.8 Å². The molecule has 1 aliphatic heterocycles. The van der Waals surface area contributed by atoms with E-state index in [4.69, 9.17) is 16.0 Å². The summed E-state index contributed by atoms with van der Waals surface area (Å²) in [5.41, 5.74) is 11.1. The average molecular weight is 489 g/mol. The number of aromatic nitrogens is 6. The van der Waals surface area contributed by atoms with E-state index in [0.29, 0.717) is 17.3 Å². The number of imidazole rings is 1. The van der Waals surface area contributed by atoms with Gasteiger partial charge in [-0.15, -0.1) is 0 Å². The zero-order valence-corrected chi connectivity index (χ0v) is 20.1. The first-order valence-electron chi connectivity index (χ1n) is 12.0. The molecule has 5 aromatic rings. The van der Waals surface area contributed by atoms with Crippen molar-refractivity contribution in [1.29, 1.82) is 5.26 Å². The molecule has 182 valence electrons. The number of rotatable bonds is 5. The van der Waals surface area contributed by atoms with Crippen molar-refractivity contribution in [2.75, 3.05) is 36.8 Å². The van der Waals surface area contributed by atoms with E-state index in [1.165, 1.54) is 11.8 Å². The second-order valence-electron chi connectivity index (χ2n) is 8.86. The summed E-state index contributed by atoms with van der Waals surface area (Å²) in [4.78, 5) is 26.8. The van der Waals surface area contributed by atoms with Crippen LogP contribution in [-0.4, -0.2) is 60.6 Å². The van der Waals surface area contributed by atoms with Gasteiger partial charge in [0, 0.05) is 50.8 Å². The van der Waals surface area contributed by atoms with Crippen LogP contribution < -0.4 is 10.6 Å². The molecule has 6 rings (SSSR count). The van der Waals surface area contributed by atoms with Gasteiger partial charge in [0.25, 0.3) is 0 Å². The van der Waals surface area contributed by atoms with Crippen LogP contribution in [0.25, 0.3) is 28.2 Å². The number of nitrogen functional groups attached to an aromatic ring is 1. The number of anilines is 2. The molecule has 10 nitrogen and oxygen atoms in total. The first kappa shape index (κ1) is 22.6. The molecule has 0 unspecified atom stereocenters. The van der Waals surface area contributed by atoms with Crippen molar-refractivity contribution < 1.29 is 0 Å². The zero-order valence-electron chi connectivity index (χ0n) is 20.1. The topological polar surface area (TPSA) is 126 Å². The minimum absolute atomic E-state index is 0.343. The third kappa shape index (κ3) is 4.44. The molecule has 10 heteroatoms. The Bertz CT molecular complexity index is 1590. The summed E-state index contributed by atoms with van der Waals surface area (Å²) in [6.45, 7) is 4.33. The van der Waals surface area contributed by atoms with Gasteiger partial charge in [0.2, 0.25) is 0 Å². The average Bonchev–Trinajstić information content (AvgIpc) is 3.33. The first-order valence-corrected chi connectivity index (χ1v) is 12.0. The van der Waals surface area contributed by atoms with Crippen LogP contribution in [0.4, 0.5) is 11.6 Å². The maximum absolute atomic E-state index is 9.09.